The summed E-state index contributed by atoms with van der Waals surface area (Å²) in [4.78, 5) is 0. The number of anilines is 1. The zero-order valence-electron chi connectivity index (χ0n) is 10.7. The van der Waals surface area contributed by atoms with Crippen molar-refractivity contribution in [1.29, 1.82) is 0 Å². The van der Waals surface area contributed by atoms with E-state index in [1.54, 1.807) is 36.7 Å². The highest BCUT2D eigenvalue weighted by atomic mass is 32.2. The van der Waals surface area contributed by atoms with Crippen LogP contribution in [-0.2, 0) is 16.6 Å². The summed E-state index contributed by atoms with van der Waals surface area (Å²) in [7, 11) is -3.38. The average molecular weight is 296 g/mol. The Labute approximate surface area is 117 Å². The van der Waals surface area contributed by atoms with Gasteiger partial charge in [0.1, 0.15) is 12.4 Å². The summed E-state index contributed by atoms with van der Waals surface area (Å²) in [5.74, 6) is 0.471. The van der Waals surface area contributed by atoms with Gasteiger partial charge in [-0.25, -0.2) is 13.1 Å². The first-order valence-corrected chi connectivity index (χ1v) is 7.64. The van der Waals surface area contributed by atoms with Gasteiger partial charge in [-0.15, -0.1) is 0 Å². The molecule has 0 spiro atoms. The van der Waals surface area contributed by atoms with Gasteiger partial charge in [0, 0.05) is 24.0 Å². The van der Waals surface area contributed by atoms with Crippen molar-refractivity contribution in [2.24, 2.45) is 0 Å². The van der Waals surface area contributed by atoms with Crippen molar-refractivity contribution in [3.05, 3.63) is 42.2 Å². The van der Waals surface area contributed by atoms with Crippen LogP contribution in [0, 0.1) is 0 Å². The van der Waals surface area contributed by atoms with Gasteiger partial charge in [-0.2, -0.15) is 5.10 Å². The molecule has 0 unspecified atom stereocenters. The van der Waals surface area contributed by atoms with Gasteiger partial charge in [-0.1, -0.05) is 0 Å². The second-order valence-electron chi connectivity index (χ2n) is 4.16. The summed E-state index contributed by atoms with van der Waals surface area (Å²) in [6, 6.07) is 6.78. The number of H-pyrrole nitrogens is 1. The molecule has 1 heterocycles. The molecule has 1 aromatic heterocycles. The molecule has 7 nitrogen and oxygen atoms in total. The average Bonchev–Trinajstić information content (AvgIpc) is 2.92. The molecule has 0 saturated carbocycles. The van der Waals surface area contributed by atoms with E-state index in [0.717, 1.165) is 5.56 Å². The standard InChI is InChI=1S/C12H16N4O3S/c13-11-1-3-12(4-2-11)19-5-6-20(17,18)16-9-10-7-14-15-8-10/h1-4,7-8,16H,5-6,9,13H2,(H,14,15). The number of nitrogens with zero attached hydrogens (tertiary/aromatic N) is 1. The summed E-state index contributed by atoms with van der Waals surface area (Å²) >= 11 is 0. The Morgan fingerprint density at radius 3 is 2.70 bits per heavy atom. The Morgan fingerprint density at radius 1 is 1.30 bits per heavy atom. The lowest BCUT2D eigenvalue weighted by Crippen LogP contribution is -2.28. The van der Waals surface area contributed by atoms with Crippen LogP contribution in [0.4, 0.5) is 5.69 Å². The van der Waals surface area contributed by atoms with E-state index in [-0.39, 0.29) is 18.9 Å². The topological polar surface area (TPSA) is 110 Å². The molecule has 0 radical (unpaired) electrons. The van der Waals surface area contributed by atoms with Crippen LogP contribution in [0.5, 0.6) is 5.75 Å². The summed E-state index contributed by atoms with van der Waals surface area (Å²) in [5, 5.41) is 6.35. The summed E-state index contributed by atoms with van der Waals surface area (Å²) in [6.45, 7) is 0.283. The van der Waals surface area contributed by atoms with Crippen molar-refractivity contribution >= 4 is 15.7 Å². The van der Waals surface area contributed by atoms with Crippen molar-refractivity contribution < 1.29 is 13.2 Å². The molecule has 1 aromatic carbocycles. The van der Waals surface area contributed by atoms with Crippen LogP contribution in [0.1, 0.15) is 5.56 Å². The van der Waals surface area contributed by atoms with Crippen LogP contribution < -0.4 is 15.2 Å². The van der Waals surface area contributed by atoms with Gasteiger partial charge in [-0.3, -0.25) is 5.10 Å². The maximum Gasteiger partial charge on any atom is 0.215 e. The van der Waals surface area contributed by atoms with Gasteiger partial charge in [0.25, 0.3) is 0 Å². The summed E-state index contributed by atoms with van der Waals surface area (Å²) < 4.78 is 31.3. The molecule has 20 heavy (non-hydrogen) atoms. The lowest BCUT2D eigenvalue weighted by molar-refractivity contribution is 0.340. The first kappa shape index (κ1) is 14.4. The Hall–Kier alpha value is -2.06. The number of benzene rings is 1. The zero-order chi connectivity index (χ0) is 14.4. The van der Waals surface area contributed by atoms with E-state index in [1.807, 2.05) is 0 Å². The fraction of sp³-hybridized carbons (Fsp3) is 0.250. The lowest BCUT2D eigenvalue weighted by Gasteiger charge is -2.08. The number of ether oxygens (including phenoxy) is 1. The molecule has 2 aromatic rings. The minimum atomic E-state index is -3.38. The minimum absolute atomic E-state index is 0.0740. The molecule has 0 atom stereocenters. The van der Waals surface area contributed by atoms with Gasteiger partial charge in [0.05, 0.1) is 11.9 Å². The van der Waals surface area contributed by atoms with Crippen molar-refractivity contribution in [2.75, 3.05) is 18.1 Å². The lowest BCUT2D eigenvalue weighted by atomic mass is 10.3. The molecule has 8 heteroatoms. The molecular weight excluding hydrogens is 280 g/mol. The van der Waals surface area contributed by atoms with Crippen molar-refractivity contribution in [3.8, 4) is 5.75 Å². The van der Waals surface area contributed by atoms with Crippen LogP contribution in [0.25, 0.3) is 0 Å². The fourth-order valence-corrected chi connectivity index (χ4v) is 2.31. The predicted molar refractivity (Wildman–Crippen MR) is 75.6 cm³/mol. The van der Waals surface area contributed by atoms with Crippen LogP contribution >= 0.6 is 0 Å². The Kier molecular flexibility index (Phi) is 4.59. The molecular formula is C12H16N4O3S. The van der Waals surface area contributed by atoms with Crippen molar-refractivity contribution in [1.82, 2.24) is 14.9 Å². The number of hydrogen-bond acceptors (Lipinski definition) is 5. The Bertz CT molecular complexity index is 623. The van der Waals surface area contributed by atoms with Gasteiger partial charge in [0.2, 0.25) is 10.0 Å². The van der Waals surface area contributed by atoms with Crippen LogP contribution in [0.15, 0.2) is 36.7 Å². The fourth-order valence-electron chi connectivity index (χ4n) is 1.47. The van der Waals surface area contributed by atoms with E-state index in [1.165, 1.54) is 0 Å². The van der Waals surface area contributed by atoms with Crippen LogP contribution in [-0.4, -0.2) is 31.0 Å². The molecule has 0 aliphatic carbocycles. The molecule has 0 aliphatic rings. The van der Waals surface area contributed by atoms with Gasteiger partial charge in [0.15, 0.2) is 0 Å². The highest BCUT2D eigenvalue weighted by Crippen LogP contribution is 2.12. The molecule has 0 saturated heterocycles. The highest BCUT2D eigenvalue weighted by molar-refractivity contribution is 7.89. The maximum absolute atomic E-state index is 11.7. The normalized spacial score (nSPS) is 11.4. The zero-order valence-corrected chi connectivity index (χ0v) is 11.6. The van der Waals surface area contributed by atoms with E-state index in [4.69, 9.17) is 10.5 Å². The minimum Gasteiger partial charge on any atom is -0.492 e. The molecule has 4 N–H and O–H groups in total. The first-order chi connectivity index (χ1) is 9.55. The number of sulfonamides is 1. The monoisotopic (exact) mass is 296 g/mol. The summed E-state index contributed by atoms with van der Waals surface area (Å²) in [6.07, 6.45) is 3.20. The van der Waals surface area contributed by atoms with E-state index >= 15 is 0 Å². The second-order valence-corrected chi connectivity index (χ2v) is 6.09. The number of aromatic nitrogens is 2. The van der Waals surface area contributed by atoms with Crippen LogP contribution in [0.2, 0.25) is 0 Å². The largest absolute Gasteiger partial charge is 0.492 e. The quantitative estimate of drug-likeness (QED) is 0.644. The summed E-state index contributed by atoms with van der Waals surface area (Å²) in [5.41, 5.74) is 6.94. The van der Waals surface area contributed by atoms with E-state index < -0.39 is 10.0 Å². The Morgan fingerprint density at radius 2 is 2.05 bits per heavy atom. The number of aromatic amines is 1. The number of nitrogens with two attached hydrogens (primary N) is 1. The molecule has 0 bridgehead atoms. The maximum atomic E-state index is 11.7. The molecule has 0 amide bonds. The van der Waals surface area contributed by atoms with Gasteiger partial charge >= 0.3 is 0 Å². The smallest absolute Gasteiger partial charge is 0.215 e. The molecule has 2 rings (SSSR count). The van der Waals surface area contributed by atoms with Gasteiger partial charge < -0.3 is 10.5 Å². The molecule has 0 aliphatic heterocycles. The van der Waals surface area contributed by atoms with Crippen molar-refractivity contribution in [2.45, 2.75) is 6.54 Å². The number of hydrogen-bond donors (Lipinski definition) is 3. The third-order valence-corrected chi connectivity index (χ3v) is 3.84. The third-order valence-electron chi connectivity index (χ3n) is 2.55. The Balaban J connectivity index is 1.76. The third kappa shape index (κ3) is 4.56. The highest BCUT2D eigenvalue weighted by Gasteiger charge is 2.10. The second kappa shape index (κ2) is 6.40. The number of nitrogens with one attached hydrogen (secondary N) is 2. The first-order valence-electron chi connectivity index (χ1n) is 5.98. The van der Waals surface area contributed by atoms with E-state index in [9.17, 15) is 8.42 Å². The molecule has 108 valence electrons. The SMILES string of the molecule is Nc1ccc(OCCS(=O)(=O)NCc2cn[nH]c2)cc1. The van der Waals surface area contributed by atoms with Gasteiger partial charge in [-0.05, 0) is 24.3 Å². The predicted octanol–water partition coefficient (Wildman–Crippen LogP) is 0.490. The molecule has 0 fully saturated rings. The number of nitrogen functional groups attached to an aromatic ring is 1. The van der Waals surface area contributed by atoms with Crippen molar-refractivity contribution in [3.63, 3.8) is 0 Å². The number of rotatable bonds is 7. The van der Waals surface area contributed by atoms with E-state index in [0.29, 0.717) is 11.4 Å². The van der Waals surface area contributed by atoms with E-state index in [2.05, 4.69) is 14.9 Å². The van der Waals surface area contributed by atoms with Crippen LogP contribution in [0.3, 0.4) is 0 Å².